The number of rotatable bonds is 1. The molecular formula is C13H14INO2. The van der Waals surface area contributed by atoms with Crippen LogP contribution in [-0.2, 0) is 4.74 Å². The van der Waals surface area contributed by atoms with Crippen LogP contribution in [0.3, 0.4) is 0 Å². The molecule has 0 saturated heterocycles. The highest BCUT2D eigenvalue weighted by atomic mass is 127. The quantitative estimate of drug-likeness (QED) is 0.633. The van der Waals surface area contributed by atoms with Crippen LogP contribution in [0, 0.1) is 3.70 Å². The largest absolute Gasteiger partial charge is 0.456 e. The third-order valence-electron chi connectivity index (χ3n) is 2.26. The van der Waals surface area contributed by atoms with Crippen molar-refractivity contribution in [3.8, 4) is 0 Å². The molecule has 17 heavy (non-hydrogen) atoms. The van der Waals surface area contributed by atoms with Crippen LogP contribution in [0.25, 0.3) is 10.9 Å². The lowest BCUT2D eigenvalue weighted by Gasteiger charge is -2.19. The fraction of sp³-hybridized carbons (Fsp3) is 0.308. The molecule has 0 unspecified atom stereocenters. The van der Waals surface area contributed by atoms with Crippen molar-refractivity contribution in [2.45, 2.75) is 26.4 Å². The summed E-state index contributed by atoms with van der Waals surface area (Å²) in [6, 6.07) is 7.73. The highest BCUT2D eigenvalue weighted by molar-refractivity contribution is 14.1. The maximum Gasteiger partial charge on any atom is 0.341 e. The first-order chi connectivity index (χ1) is 7.88. The van der Waals surface area contributed by atoms with E-state index in [1.54, 1.807) is 0 Å². The van der Waals surface area contributed by atoms with E-state index in [0.717, 1.165) is 14.6 Å². The molecule has 1 aromatic carbocycles. The number of fused-ring (bicyclic) bond motifs is 1. The topological polar surface area (TPSA) is 42.1 Å². The van der Waals surface area contributed by atoms with Gasteiger partial charge in [-0.25, -0.2) is 4.79 Å². The Labute approximate surface area is 114 Å². The molecule has 0 aliphatic rings. The van der Waals surface area contributed by atoms with Gasteiger partial charge in [0.25, 0.3) is 0 Å². The average Bonchev–Trinajstić information content (AvgIpc) is 2.50. The van der Waals surface area contributed by atoms with E-state index in [9.17, 15) is 4.79 Å². The Bertz CT molecular complexity index is 566. The second-order valence-corrected chi connectivity index (χ2v) is 5.94. The normalized spacial score (nSPS) is 11.8. The summed E-state index contributed by atoms with van der Waals surface area (Å²) in [6.07, 6.45) is 0. The Morgan fingerprint density at radius 3 is 2.59 bits per heavy atom. The number of ether oxygens (including phenoxy) is 1. The molecule has 0 amide bonds. The molecule has 2 rings (SSSR count). The molecule has 0 aliphatic carbocycles. The standard InChI is InChI=1S/C13H14INO2/c1-13(2,3)17-12(16)10-8-6-4-5-7-9(8)15-11(10)14/h4-7,15H,1-3H3. The minimum absolute atomic E-state index is 0.278. The summed E-state index contributed by atoms with van der Waals surface area (Å²) in [5.41, 5.74) is 1.10. The second-order valence-electron chi connectivity index (χ2n) is 4.86. The molecule has 4 heteroatoms. The number of para-hydroxylation sites is 1. The van der Waals surface area contributed by atoms with Gasteiger partial charge in [0.2, 0.25) is 0 Å². The highest BCUT2D eigenvalue weighted by Crippen LogP contribution is 2.25. The van der Waals surface area contributed by atoms with Gasteiger partial charge in [0.1, 0.15) is 5.60 Å². The predicted octanol–water partition coefficient (Wildman–Crippen LogP) is 3.73. The SMILES string of the molecule is CC(C)(C)OC(=O)c1c(I)[nH]c2ccccc12. The summed E-state index contributed by atoms with van der Waals surface area (Å²) in [6.45, 7) is 5.60. The van der Waals surface area contributed by atoms with Gasteiger partial charge in [-0.05, 0) is 49.4 Å². The third kappa shape index (κ3) is 2.62. The monoisotopic (exact) mass is 343 g/mol. The Morgan fingerprint density at radius 1 is 1.29 bits per heavy atom. The molecule has 1 aromatic heterocycles. The number of halogens is 1. The van der Waals surface area contributed by atoms with Crippen molar-refractivity contribution in [3.05, 3.63) is 33.5 Å². The summed E-state index contributed by atoms with van der Waals surface area (Å²) in [5, 5.41) is 0.908. The van der Waals surface area contributed by atoms with Crippen LogP contribution in [0.1, 0.15) is 31.1 Å². The number of nitrogens with one attached hydrogen (secondary N) is 1. The number of hydrogen-bond acceptors (Lipinski definition) is 2. The lowest BCUT2D eigenvalue weighted by atomic mass is 10.1. The summed E-state index contributed by atoms with van der Waals surface area (Å²) >= 11 is 2.12. The van der Waals surface area contributed by atoms with Gasteiger partial charge in [-0.15, -0.1) is 0 Å². The highest BCUT2D eigenvalue weighted by Gasteiger charge is 2.23. The molecule has 0 aliphatic heterocycles. The zero-order chi connectivity index (χ0) is 12.6. The van der Waals surface area contributed by atoms with Crippen LogP contribution in [0.15, 0.2) is 24.3 Å². The van der Waals surface area contributed by atoms with Crippen LogP contribution < -0.4 is 0 Å². The first kappa shape index (κ1) is 12.4. The van der Waals surface area contributed by atoms with Crippen LogP contribution in [0.4, 0.5) is 0 Å². The van der Waals surface area contributed by atoms with Crippen molar-refractivity contribution in [2.75, 3.05) is 0 Å². The van der Waals surface area contributed by atoms with Crippen LogP contribution >= 0.6 is 22.6 Å². The predicted molar refractivity (Wildman–Crippen MR) is 76.2 cm³/mol. The fourth-order valence-corrected chi connectivity index (χ4v) is 2.44. The van der Waals surface area contributed by atoms with Gasteiger partial charge in [0.15, 0.2) is 0 Å². The number of carbonyl (C=O) groups excluding carboxylic acids is 1. The number of esters is 1. The smallest absolute Gasteiger partial charge is 0.341 e. The Balaban J connectivity index is 2.48. The number of aromatic nitrogens is 1. The van der Waals surface area contributed by atoms with E-state index in [2.05, 4.69) is 27.6 Å². The molecule has 3 nitrogen and oxygen atoms in total. The van der Waals surface area contributed by atoms with Gasteiger partial charge in [0, 0.05) is 10.9 Å². The van der Waals surface area contributed by atoms with E-state index in [-0.39, 0.29) is 5.97 Å². The van der Waals surface area contributed by atoms with E-state index in [0.29, 0.717) is 5.56 Å². The van der Waals surface area contributed by atoms with Crippen molar-refractivity contribution < 1.29 is 9.53 Å². The van der Waals surface area contributed by atoms with E-state index in [1.807, 2.05) is 45.0 Å². The molecule has 2 aromatic rings. The number of aromatic amines is 1. The molecule has 0 bridgehead atoms. The lowest BCUT2D eigenvalue weighted by molar-refractivity contribution is 0.00707. The zero-order valence-corrected chi connectivity index (χ0v) is 12.2. The van der Waals surface area contributed by atoms with Gasteiger partial charge in [-0.3, -0.25) is 0 Å². The summed E-state index contributed by atoms with van der Waals surface area (Å²) < 4.78 is 6.22. The first-order valence-corrected chi connectivity index (χ1v) is 6.46. The maximum absolute atomic E-state index is 12.1. The molecule has 1 N–H and O–H groups in total. The Hall–Kier alpha value is -1.04. The van der Waals surface area contributed by atoms with Crippen LogP contribution in [0.2, 0.25) is 0 Å². The molecule has 1 heterocycles. The molecular weight excluding hydrogens is 329 g/mol. The minimum atomic E-state index is -0.474. The van der Waals surface area contributed by atoms with Gasteiger partial charge in [-0.1, -0.05) is 18.2 Å². The van der Waals surface area contributed by atoms with Crippen molar-refractivity contribution in [2.24, 2.45) is 0 Å². The number of carbonyl (C=O) groups is 1. The van der Waals surface area contributed by atoms with Gasteiger partial charge in [-0.2, -0.15) is 0 Å². The number of H-pyrrole nitrogens is 1. The van der Waals surface area contributed by atoms with Gasteiger partial charge >= 0.3 is 5.97 Å². The third-order valence-corrected chi connectivity index (χ3v) is 3.07. The molecule has 0 atom stereocenters. The minimum Gasteiger partial charge on any atom is -0.456 e. The average molecular weight is 343 g/mol. The van der Waals surface area contributed by atoms with Crippen molar-refractivity contribution >= 4 is 39.5 Å². The van der Waals surface area contributed by atoms with E-state index < -0.39 is 5.60 Å². The molecule has 0 radical (unpaired) electrons. The van der Waals surface area contributed by atoms with Crippen molar-refractivity contribution in [1.82, 2.24) is 4.98 Å². The summed E-state index contributed by atoms with van der Waals surface area (Å²) in [7, 11) is 0. The van der Waals surface area contributed by atoms with E-state index in [1.165, 1.54) is 0 Å². The summed E-state index contributed by atoms with van der Waals surface area (Å²) in [5.74, 6) is -0.278. The van der Waals surface area contributed by atoms with Crippen LogP contribution in [-0.4, -0.2) is 16.6 Å². The van der Waals surface area contributed by atoms with Gasteiger partial charge < -0.3 is 9.72 Å². The number of hydrogen-bond donors (Lipinski definition) is 1. The van der Waals surface area contributed by atoms with Crippen molar-refractivity contribution in [1.29, 1.82) is 0 Å². The second kappa shape index (κ2) is 4.33. The molecule has 90 valence electrons. The lowest BCUT2D eigenvalue weighted by Crippen LogP contribution is -2.24. The van der Waals surface area contributed by atoms with E-state index in [4.69, 9.17) is 4.74 Å². The molecule has 0 saturated carbocycles. The Kier molecular flexibility index (Phi) is 3.16. The Morgan fingerprint density at radius 2 is 1.94 bits per heavy atom. The molecule has 0 spiro atoms. The maximum atomic E-state index is 12.1. The van der Waals surface area contributed by atoms with Gasteiger partial charge in [0.05, 0.1) is 9.26 Å². The van der Waals surface area contributed by atoms with Crippen molar-refractivity contribution in [3.63, 3.8) is 0 Å². The molecule has 0 fully saturated rings. The summed E-state index contributed by atoms with van der Waals surface area (Å²) in [4.78, 5) is 15.3. The van der Waals surface area contributed by atoms with Crippen LogP contribution in [0.5, 0.6) is 0 Å². The first-order valence-electron chi connectivity index (χ1n) is 5.38. The zero-order valence-electron chi connectivity index (χ0n) is 10.0. The number of benzene rings is 1. The van der Waals surface area contributed by atoms with E-state index >= 15 is 0 Å². The fourth-order valence-electron chi connectivity index (χ4n) is 1.64.